The average molecular weight is 239 g/mol. The van der Waals surface area contributed by atoms with Gasteiger partial charge in [-0.05, 0) is 24.1 Å². The summed E-state index contributed by atoms with van der Waals surface area (Å²) in [6.45, 7) is 3.96. The van der Waals surface area contributed by atoms with Crippen LogP contribution in [-0.2, 0) is 0 Å². The maximum Gasteiger partial charge on any atom is 0.168 e. The standard InChI is InChI=1S/C12H12ClFN2/c1-6(2)10-5-9(15)7-3-4-8(13)11(14)12(7)16-10/h3-6H,1-2H3,(H2,15,16). The molecule has 0 unspecified atom stereocenters. The van der Waals surface area contributed by atoms with Crippen molar-refractivity contribution in [2.24, 2.45) is 0 Å². The zero-order valence-corrected chi connectivity index (χ0v) is 9.85. The van der Waals surface area contributed by atoms with Crippen LogP contribution in [0.5, 0.6) is 0 Å². The number of benzene rings is 1. The number of fused-ring (bicyclic) bond motifs is 1. The van der Waals surface area contributed by atoms with E-state index in [1.807, 2.05) is 13.8 Å². The Bertz CT molecular complexity index is 552. The van der Waals surface area contributed by atoms with E-state index < -0.39 is 5.82 Å². The summed E-state index contributed by atoms with van der Waals surface area (Å²) in [5, 5.41) is 0.673. The van der Waals surface area contributed by atoms with Crippen LogP contribution in [0.3, 0.4) is 0 Å². The highest BCUT2D eigenvalue weighted by Gasteiger charge is 2.12. The molecule has 0 aliphatic heterocycles. The first kappa shape index (κ1) is 11.1. The zero-order valence-electron chi connectivity index (χ0n) is 9.09. The first-order valence-electron chi connectivity index (χ1n) is 5.05. The molecule has 0 amide bonds. The van der Waals surface area contributed by atoms with Crippen LogP contribution in [0.1, 0.15) is 25.5 Å². The normalized spacial score (nSPS) is 11.3. The Morgan fingerprint density at radius 2 is 2.06 bits per heavy atom. The van der Waals surface area contributed by atoms with Crippen LogP contribution >= 0.6 is 11.6 Å². The molecule has 0 saturated heterocycles. The highest BCUT2D eigenvalue weighted by atomic mass is 35.5. The van der Waals surface area contributed by atoms with Crippen LogP contribution in [0.25, 0.3) is 10.9 Å². The van der Waals surface area contributed by atoms with Crippen molar-refractivity contribution in [1.29, 1.82) is 0 Å². The Morgan fingerprint density at radius 1 is 1.38 bits per heavy atom. The molecule has 0 aliphatic rings. The highest BCUT2D eigenvalue weighted by molar-refractivity contribution is 6.31. The fraction of sp³-hybridized carbons (Fsp3) is 0.250. The van der Waals surface area contributed by atoms with E-state index in [2.05, 4.69) is 4.98 Å². The SMILES string of the molecule is CC(C)c1cc(N)c2ccc(Cl)c(F)c2n1. The summed E-state index contributed by atoms with van der Waals surface area (Å²) in [6, 6.07) is 4.96. The minimum atomic E-state index is -0.506. The lowest BCUT2D eigenvalue weighted by Gasteiger charge is -2.09. The third-order valence-electron chi connectivity index (χ3n) is 2.52. The second-order valence-corrected chi connectivity index (χ2v) is 4.46. The Morgan fingerprint density at radius 3 is 2.69 bits per heavy atom. The van der Waals surface area contributed by atoms with E-state index in [1.165, 1.54) is 6.07 Å². The molecule has 0 radical (unpaired) electrons. The molecular weight excluding hydrogens is 227 g/mol. The third kappa shape index (κ3) is 1.71. The van der Waals surface area contributed by atoms with E-state index in [9.17, 15) is 4.39 Å². The Hall–Kier alpha value is -1.35. The molecule has 2 N–H and O–H groups in total. The number of pyridine rings is 1. The van der Waals surface area contributed by atoms with Gasteiger partial charge in [-0.3, -0.25) is 0 Å². The lowest BCUT2D eigenvalue weighted by atomic mass is 10.1. The van der Waals surface area contributed by atoms with E-state index in [-0.39, 0.29) is 16.5 Å². The predicted octanol–water partition coefficient (Wildman–Crippen LogP) is 3.73. The van der Waals surface area contributed by atoms with Crippen LogP contribution in [0, 0.1) is 5.82 Å². The molecule has 84 valence electrons. The van der Waals surface area contributed by atoms with E-state index in [4.69, 9.17) is 17.3 Å². The quantitative estimate of drug-likeness (QED) is 0.822. The van der Waals surface area contributed by atoms with Gasteiger partial charge in [-0.25, -0.2) is 9.37 Å². The highest BCUT2D eigenvalue weighted by Crippen LogP contribution is 2.29. The molecule has 1 aromatic heterocycles. The van der Waals surface area contributed by atoms with Gasteiger partial charge in [0.25, 0.3) is 0 Å². The molecule has 0 saturated carbocycles. The minimum Gasteiger partial charge on any atom is -0.398 e. The first-order chi connectivity index (χ1) is 7.50. The molecule has 16 heavy (non-hydrogen) atoms. The van der Waals surface area contributed by atoms with Crippen LogP contribution in [-0.4, -0.2) is 4.98 Å². The van der Waals surface area contributed by atoms with Crippen LogP contribution in [0.15, 0.2) is 18.2 Å². The Balaban J connectivity index is 2.83. The summed E-state index contributed by atoms with van der Waals surface area (Å²) in [4.78, 5) is 4.26. The predicted molar refractivity (Wildman–Crippen MR) is 65.2 cm³/mol. The van der Waals surface area contributed by atoms with Crippen LogP contribution < -0.4 is 5.73 Å². The maximum atomic E-state index is 13.8. The molecule has 4 heteroatoms. The molecule has 0 spiro atoms. The fourth-order valence-electron chi connectivity index (χ4n) is 1.58. The van der Waals surface area contributed by atoms with Crippen molar-refractivity contribution >= 4 is 28.2 Å². The van der Waals surface area contributed by atoms with Gasteiger partial charge in [-0.15, -0.1) is 0 Å². The number of nitrogens with zero attached hydrogens (tertiary/aromatic N) is 1. The summed E-state index contributed by atoms with van der Waals surface area (Å²) in [5.74, 6) is -0.307. The summed E-state index contributed by atoms with van der Waals surface area (Å²) in [5.41, 5.74) is 7.41. The first-order valence-corrected chi connectivity index (χ1v) is 5.42. The molecule has 0 fully saturated rings. The van der Waals surface area contributed by atoms with E-state index in [0.29, 0.717) is 11.1 Å². The van der Waals surface area contributed by atoms with E-state index in [1.54, 1.807) is 12.1 Å². The van der Waals surface area contributed by atoms with Gasteiger partial charge in [0.05, 0.1) is 5.02 Å². The number of aromatic nitrogens is 1. The molecule has 0 bridgehead atoms. The third-order valence-corrected chi connectivity index (χ3v) is 2.81. The summed E-state index contributed by atoms with van der Waals surface area (Å²) in [7, 11) is 0. The van der Waals surface area contributed by atoms with Gasteiger partial charge in [-0.1, -0.05) is 25.4 Å². The number of nitrogen functional groups attached to an aromatic ring is 1. The van der Waals surface area contributed by atoms with E-state index >= 15 is 0 Å². The molecule has 0 aliphatic carbocycles. The number of rotatable bonds is 1. The molecule has 2 rings (SSSR count). The second kappa shape index (κ2) is 3.91. The van der Waals surface area contributed by atoms with Crippen molar-refractivity contribution in [2.75, 3.05) is 5.73 Å². The summed E-state index contributed by atoms with van der Waals surface area (Å²) < 4.78 is 13.8. The molecule has 2 aromatic rings. The average Bonchev–Trinajstić information content (AvgIpc) is 2.23. The van der Waals surface area contributed by atoms with Gasteiger partial charge >= 0.3 is 0 Å². The topological polar surface area (TPSA) is 38.9 Å². The van der Waals surface area contributed by atoms with Gasteiger partial charge in [0.2, 0.25) is 0 Å². The summed E-state index contributed by atoms with van der Waals surface area (Å²) in [6.07, 6.45) is 0. The largest absolute Gasteiger partial charge is 0.398 e. The summed E-state index contributed by atoms with van der Waals surface area (Å²) >= 11 is 5.72. The lowest BCUT2D eigenvalue weighted by molar-refractivity contribution is 0.636. The van der Waals surface area contributed by atoms with Crippen molar-refractivity contribution < 1.29 is 4.39 Å². The molecule has 1 aromatic carbocycles. The fourth-order valence-corrected chi connectivity index (χ4v) is 1.73. The number of hydrogen-bond acceptors (Lipinski definition) is 2. The Labute approximate surface area is 98.2 Å². The number of nitrogens with two attached hydrogens (primary N) is 1. The Kier molecular flexibility index (Phi) is 2.72. The molecule has 2 nitrogen and oxygen atoms in total. The van der Waals surface area contributed by atoms with Crippen molar-refractivity contribution in [1.82, 2.24) is 4.98 Å². The second-order valence-electron chi connectivity index (χ2n) is 4.05. The zero-order chi connectivity index (χ0) is 11.9. The lowest BCUT2D eigenvalue weighted by Crippen LogP contribution is -1.99. The number of halogens is 2. The monoisotopic (exact) mass is 238 g/mol. The maximum absolute atomic E-state index is 13.8. The van der Waals surface area contributed by atoms with Gasteiger partial charge in [0, 0.05) is 16.8 Å². The van der Waals surface area contributed by atoms with Gasteiger partial charge in [0.15, 0.2) is 5.82 Å². The van der Waals surface area contributed by atoms with Crippen molar-refractivity contribution in [2.45, 2.75) is 19.8 Å². The van der Waals surface area contributed by atoms with Crippen molar-refractivity contribution in [3.8, 4) is 0 Å². The van der Waals surface area contributed by atoms with Gasteiger partial charge < -0.3 is 5.73 Å². The van der Waals surface area contributed by atoms with Gasteiger partial charge in [0.1, 0.15) is 5.52 Å². The molecule has 0 atom stereocenters. The molecular formula is C12H12ClFN2. The van der Waals surface area contributed by atoms with Crippen molar-refractivity contribution in [3.63, 3.8) is 0 Å². The number of hydrogen-bond donors (Lipinski definition) is 1. The van der Waals surface area contributed by atoms with Crippen LogP contribution in [0.4, 0.5) is 10.1 Å². The smallest absolute Gasteiger partial charge is 0.168 e. The van der Waals surface area contributed by atoms with Crippen molar-refractivity contribution in [3.05, 3.63) is 34.7 Å². The van der Waals surface area contributed by atoms with Gasteiger partial charge in [-0.2, -0.15) is 0 Å². The number of anilines is 1. The molecule has 1 heterocycles. The van der Waals surface area contributed by atoms with Crippen LogP contribution in [0.2, 0.25) is 5.02 Å². The minimum absolute atomic E-state index is 0.0697. The van der Waals surface area contributed by atoms with E-state index in [0.717, 1.165) is 5.69 Å².